The molecule has 114 valence electrons. The molecule has 0 aliphatic carbocycles. The summed E-state index contributed by atoms with van der Waals surface area (Å²) in [5, 5.41) is 3.26. The molecule has 1 aliphatic rings. The fourth-order valence-electron chi connectivity index (χ4n) is 2.59. The Bertz CT molecular complexity index is 621. The molecule has 22 heavy (non-hydrogen) atoms. The van der Waals surface area contributed by atoms with Gasteiger partial charge >= 0.3 is 0 Å². The van der Waals surface area contributed by atoms with Crippen LogP contribution >= 0.6 is 0 Å². The summed E-state index contributed by atoms with van der Waals surface area (Å²) in [7, 11) is 2.00. The number of piperazine rings is 1. The lowest BCUT2D eigenvalue weighted by atomic mass is 10.1. The highest BCUT2D eigenvalue weighted by molar-refractivity contribution is 5.94. The van der Waals surface area contributed by atoms with Crippen molar-refractivity contribution in [2.75, 3.05) is 38.1 Å². The zero-order chi connectivity index (χ0) is 15.4. The molecular formula is C17H20N4O. The summed E-state index contributed by atoms with van der Waals surface area (Å²) in [4.78, 5) is 20.4. The van der Waals surface area contributed by atoms with Gasteiger partial charge in [0, 0.05) is 62.6 Å². The summed E-state index contributed by atoms with van der Waals surface area (Å²) in [5.74, 6) is 0.111. The Hall–Kier alpha value is -2.40. The van der Waals surface area contributed by atoms with Gasteiger partial charge in [0.2, 0.25) is 0 Å². The van der Waals surface area contributed by atoms with Crippen LogP contribution < -0.4 is 10.2 Å². The summed E-state index contributed by atoms with van der Waals surface area (Å²) in [6.07, 6.45) is 3.54. The van der Waals surface area contributed by atoms with E-state index < -0.39 is 0 Å². The molecule has 2 aromatic rings. The molecule has 1 aromatic heterocycles. The number of nitrogens with zero attached hydrogens (tertiary/aromatic N) is 3. The molecular weight excluding hydrogens is 276 g/mol. The number of carbonyl (C=O) groups is 1. The van der Waals surface area contributed by atoms with Gasteiger partial charge in [0.25, 0.3) is 5.91 Å². The Morgan fingerprint density at radius 2 is 1.64 bits per heavy atom. The van der Waals surface area contributed by atoms with Crippen LogP contribution in [0.1, 0.15) is 10.4 Å². The molecule has 0 bridgehead atoms. The topological polar surface area (TPSA) is 48.5 Å². The van der Waals surface area contributed by atoms with Gasteiger partial charge in [0.05, 0.1) is 0 Å². The van der Waals surface area contributed by atoms with E-state index in [1.807, 2.05) is 48.3 Å². The molecule has 3 rings (SSSR count). The number of benzene rings is 1. The highest BCUT2D eigenvalue weighted by Crippen LogP contribution is 2.23. The fraction of sp³-hybridized carbons (Fsp3) is 0.294. The Labute approximate surface area is 130 Å². The fourth-order valence-corrected chi connectivity index (χ4v) is 2.59. The van der Waals surface area contributed by atoms with Crippen LogP contribution in [0.5, 0.6) is 0 Å². The highest BCUT2D eigenvalue weighted by Gasteiger charge is 2.17. The Kier molecular flexibility index (Phi) is 4.34. The van der Waals surface area contributed by atoms with Crippen LogP contribution in [0.3, 0.4) is 0 Å². The van der Waals surface area contributed by atoms with Crippen molar-refractivity contribution in [3.63, 3.8) is 0 Å². The van der Waals surface area contributed by atoms with Gasteiger partial charge in [0.1, 0.15) is 0 Å². The first-order chi connectivity index (χ1) is 10.8. The van der Waals surface area contributed by atoms with Crippen molar-refractivity contribution in [1.29, 1.82) is 0 Å². The molecule has 0 atom stereocenters. The van der Waals surface area contributed by atoms with Crippen LogP contribution in [0.15, 0.2) is 48.8 Å². The number of pyridine rings is 1. The average molecular weight is 296 g/mol. The van der Waals surface area contributed by atoms with E-state index in [-0.39, 0.29) is 5.91 Å². The second kappa shape index (κ2) is 6.58. The van der Waals surface area contributed by atoms with Crippen molar-refractivity contribution < 1.29 is 4.79 Å². The van der Waals surface area contributed by atoms with Crippen molar-refractivity contribution in [2.24, 2.45) is 0 Å². The van der Waals surface area contributed by atoms with Gasteiger partial charge in [-0.05, 0) is 36.4 Å². The van der Waals surface area contributed by atoms with Crippen molar-refractivity contribution >= 4 is 17.3 Å². The maximum Gasteiger partial charge on any atom is 0.253 e. The summed E-state index contributed by atoms with van der Waals surface area (Å²) in [6, 6.07) is 11.7. The number of anilines is 2. The van der Waals surface area contributed by atoms with E-state index in [1.54, 1.807) is 12.4 Å². The summed E-state index contributed by atoms with van der Waals surface area (Å²) in [6.45, 7) is 3.29. The van der Waals surface area contributed by atoms with Crippen LogP contribution in [0.25, 0.3) is 0 Å². The van der Waals surface area contributed by atoms with E-state index in [0.717, 1.165) is 43.1 Å². The van der Waals surface area contributed by atoms with E-state index in [2.05, 4.69) is 15.2 Å². The summed E-state index contributed by atoms with van der Waals surface area (Å²) in [5.41, 5.74) is 2.85. The number of amides is 1. The van der Waals surface area contributed by atoms with Gasteiger partial charge in [-0.1, -0.05) is 0 Å². The van der Waals surface area contributed by atoms with Crippen molar-refractivity contribution in [2.45, 2.75) is 0 Å². The van der Waals surface area contributed by atoms with Crippen LogP contribution in [-0.4, -0.2) is 49.0 Å². The highest BCUT2D eigenvalue weighted by atomic mass is 16.2. The van der Waals surface area contributed by atoms with Crippen LogP contribution in [0.2, 0.25) is 0 Å². The minimum absolute atomic E-state index is 0.111. The predicted molar refractivity (Wildman–Crippen MR) is 87.5 cm³/mol. The minimum Gasteiger partial charge on any atom is -0.345 e. The maximum absolute atomic E-state index is 12.4. The van der Waals surface area contributed by atoms with Crippen LogP contribution in [0, 0.1) is 0 Å². The lowest BCUT2D eigenvalue weighted by molar-refractivity contribution is 0.0736. The molecule has 1 fully saturated rings. The first-order valence-electron chi connectivity index (χ1n) is 7.49. The maximum atomic E-state index is 12.4. The molecule has 5 heteroatoms. The molecule has 0 radical (unpaired) electrons. The molecule has 2 heterocycles. The molecule has 5 nitrogen and oxygen atoms in total. The number of aromatic nitrogens is 1. The zero-order valence-corrected chi connectivity index (χ0v) is 12.7. The zero-order valence-electron chi connectivity index (χ0n) is 12.7. The van der Waals surface area contributed by atoms with E-state index in [4.69, 9.17) is 0 Å². The van der Waals surface area contributed by atoms with Gasteiger partial charge in [-0.3, -0.25) is 9.78 Å². The number of nitrogens with one attached hydrogen (secondary N) is 1. The monoisotopic (exact) mass is 296 g/mol. The van der Waals surface area contributed by atoms with Crippen LogP contribution in [0.4, 0.5) is 11.4 Å². The first-order valence-corrected chi connectivity index (χ1v) is 7.49. The second-order valence-electron chi connectivity index (χ2n) is 5.35. The molecule has 0 saturated carbocycles. The van der Waals surface area contributed by atoms with Gasteiger partial charge in [0.15, 0.2) is 0 Å². The molecule has 0 spiro atoms. The third-order valence-corrected chi connectivity index (χ3v) is 3.96. The Morgan fingerprint density at radius 3 is 2.27 bits per heavy atom. The van der Waals surface area contributed by atoms with Crippen LogP contribution in [-0.2, 0) is 0 Å². The minimum atomic E-state index is 0.111. The van der Waals surface area contributed by atoms with Gasteiger partial charge in [-0.15, -0.1) is 0 Å². The standard InChI is InChI=1S/C17H20N4O/c1-20(16-6-8-18-9-7-16)15-4-2-14(3-5-15)17(22)21-12-10-19-11-13-21/h2-9,19H,10-13H2,1H3. The second-order valence-corrected chi connectivity index (χ2v) is 5.35. The summed E-state index contributed by atoms with van der Waals surface area (Å²) < 4.78 is 0. The molecule has 1 aromatic carbocycles. The predicted octanol–water partition coefficient (Wildman–Crippen LogP) is 1.89. The van der Waals surface area contributed by atoms with Crippen molar-refractivity contribution in [3.8, 4) is 0 Å². The Morgan fingerprint density at radius 1 is 1.05 bits per heavy atom. The van der Waals surface area contributed by atoms with Crippen molar-refractivity contribution in [3.05, 3.63) is 54.4 Å². The number of carbonyl (C=O) groups excluding carboxylic acids is 1. The SMILES string of the molecule is CN(c1ccncc1)c1ccc(C(=O)N2CCNCC2)cc1. The number of hydrogen-bond acceptors (Lipinski definition) is 4. The van der Waals surface area contributed by atoms with E-state index in [9.17, 15) is 4.79 Å². The lowest BCUT2D eigenvalue weighted by Crippen LogP contribution is -2.46. The van der Waals surface area contributed by atoms with E-state index in [1.165, 1.54) is 0 Å². The number of hydrogen-bond donors (Lipinski definition) is 1. The first kappa shape index (κ1) is 14.5. The number of rotatable bonds is 3. The molecule has 1 saturated heterocycles. The van der Waals surface area contributed by atoms with Gasteiger partial charge in [-0.25, -0.2) is 0 Å². The third-order valence-electron chi connectivity index (χ3n) is 3.96. The normalized spacial score (nSPS) is 14.7. The third kappa shape index (κ3) is 3.09. The molecule has 1 amide bonds. The molecule has 1 N–H and O–H groups in total. The van der Waals surface area contributed by atoms with Crippen molar-refractivity contribution in [1.82, 2.24) is 15.2 Å². The average Bonchev–Trinajstić information content (AvgIpc) is 2.62. The largest absolute Gasteiger partial charge is 0.345 e. The Balaban J connectivity index is 1.73. The molecule has 1 aliphatic heterocycles. The van der Waals surface area contributed by atoms with Gasteiger partial charge < -0.3 is 15.1 Å². The summed E-state index contributed by atoms with van der Waals surface area (Å²) >= 11 is 0. The lowest BCUT2D eigenvalue weighted by Gasteiger charge is -2.27. The van der Waals surface area contributed by atoms with E-state index >= 15 is 0 Å². The van der Waals surface area contributed by atoms with Gasteiger partial charge in [-0.2, -0.15) is 0 Å². The van der Waals surface area contributed by atoms with E-state index in [0.29, 0.717) is 0 Å². The smallest absolute Gasteiger partial charge is 0.253 e. The quantitative estimate of drug-likeness (QED) is 0.940. The molecule has 0 unspecified atom stereocenters.